The van der Waals surface area contributed by atoms with Gasteiger partial charge in [-0.15, -0.1) is 24.8 Å². The molecule has 2 N–H and O–H groups in total. The smallest absolute Gasteiger partial charge is 0.243 e. The number of morpholine rings is 1. The summed E-state index contributed by atoms with van der Waals surface area (Å²) in [5.74, 6) is 0.0113. The third-order valence-electron chi connectivity index (χ3n) is 5.59. The maximum absolute atomic E-state index is 13.1. The van der Waals surface area contributed by atoms with Gasteiger partial charge in [-0.3, -0.25) is 9.48 Å². The number of amides is 1. The highest BCUT2D eigenvalue weighted by atomic mass is 35.5. The van der Waals surface area contributed by atoms with Gasteiger partial charge in [-0.05, 0) is 13.0 Å². The predicted molar refractivity (Wildman–Crippen MR) is 104 cm³/mol. The lowest BCUT2D eigenvalue weighted by molar-refractivity contribution is -0.184. The fourth-order valence-corrected chi connectivity index (χ4v) is 3.71. The maximum Gasteiger partial charge on any atom is 0.243 e. The summed E-state index contributed by atoms with van der Waals surface area (Å²) < 4.78 is 13.3. The van der Waals surface area contributed by atoms with Gasteiger partial charge in [0.15, 0.2) is 0 Å². The fourth-order valence-electron chi connectivity index (χ4n) is 3.71. The molecule has 1 saturated carbocycles. The quantitative estimate of drug-likeness (QED) is 0.797. The minimum absolute atomic E-state index is 0. The number of ether oxygens (including phenoxy) is 2. The Balaban J connectivity index is 0.00000169. The number of carbonyl (C=O) groups excluding carboxylic acids is 1. The zero-order valence-corrected chi connectivity index (χ0v) is 17.2. The van der Waals surface area contributed by atoms with Crippen molar-refractivity contribution in [2.24, 2.45) is 11.1 Å². The monoisotopic (exact) mass is 408 g/mol. The summed E-state index contributed by atoms with van der Waals surface area (Å²) in [5, 5.41) is 4.20. The summed E-state index contributed by atoms with van der Waals surface area (Å²) >= 11 is 0. The van der Waals surface area contributed by atoms with E-state index < -0.39 is 5.54 Å². The first-order valence-electron chi connectivity index (χ1n) is 8.67. The van der Waals surface area contributed by atoms with Crippen LogP contribution in [0.4, 0.5) is 0 Å². The van der Waals surface area contributed by atoms with Gasteiger partial charge in [-0.25, -0.2) is 0 Å². The van der Waals surface area contributed by atoms with Gasteiger partial charge in [0.05, 0.1) is 25.4 Å². The molecule has 1 aromatic rings. The summed E-state index contributed by atoms with van der Waals surface area (Å²) in [6.07, 6.45) is 4.20. The molecule has 0 bridgehead atoms. The average molecular weight is 409 g/mol. The number of nitrogens with two attached hydrogens (primary N) is 1. The van der Waals surface area contributed by atoms with Crippen LogP contribution in [0.1, 0.15) is 27.2 Å². The van der Waals surface area contributed by atoms with Crippen LogP contribution in [0, 0.1) is 5.41 Å². The highest BCUT2D eigenvalue weighted by Crippen LogP contribution is 2.50. The Morgan fingerprint density at radius 3 is 2.73 bits per heavy atom. The van der Waals surface area contributed by atoms with Crippen LogP contribution in [0.2, 0.25) is 0 Å². The molecule has 1 aliphatic carbocycles. The van der Waals surface area contributed by atoms with E-state index in [1.165, 1.54) is 0 Å². The van der Waals surface area contributed by atoms with E-state index in [1.807, 2.05) is 42.6 Å². The Morgan fingerprint density at radius 1 is 1.42 bits per heavy atom. The lowest BCUT2D eigenvalue weighted by atomic mass is 9.54. The van der Waals surface area contributed by atoms with E-state index in [1.54, 1.807) is 6.20 Å². The minimum Gasteiger partial charge on any atom is -0.378 e. The summed E-state index contributed by atoms with van der Waals surface area (Å²) in [5.41, 5.74) is 5.30. The molecule has 1 amide bonds. The fraction of sp³-hybridized carbons (Fsp3) is 0.765. The standard InChI is InChI=1S/C17H28N4O3.2ClH/c1-4-23-14-10-17(18,16(14,2)3)15(22)20-8-9-24-13(11-20)12-21-7-5-6-19-21;;/h5-7,13-14H,4,8-12,18H2,1-3H3;2*1H. The van der Waals surface area contributed by atoms with Gasteiger partial charge in [-0.2, -0.15) is 5.10 Å². The molecule has 0 spiro atoms. The largest absolute Gasteiger partial charge is 0.378 e. The lowest BCUT2D eigenvalue weighted by Gasteiger charge is -2.59. The molecule has 9 heteroatoms. The normalized spacial score (nSPS) is 29.9. The maximum atomic E-state index is 13.1. The second-order valence-electron chi connectivity index (χ2n) is 7.31. The molecule has 1 saturated heterocycles. The Morgan fingerprint density at radius 2 is 2.15 bits per heavy atom. The van der Waals surface area contributed by atoms with Gasteiger partial charge in [0, 0.05) is 43.9 Å². The van der Waals surface area contributed by atoms with Gasteiger partial charge in [0.2, 0.25) is 5.91 Å². The Hall–Kier alpha value is -0.860. The Bertz CT molecular complexity index is 585. The van der Waals surface area contributed by atoms with Crippen LogP contribution in [0.5, 0.6) is 0 Å². The van der Waals surface area contributed by atoms with E-state index in [0.717, 1.165) is 0 Å². The first kappa shape index (κ1) is 23.2. The van der Waals surface area contributed by atoms with E-state index in [4.69, 9.17) is 15.2 Å². The number of halogens is 2. The Kier molecular flexibility index (Phi) is 7.92. The molecule has 7 nitrogen and oxygen atoms in total. The van der Waals surface area contributed by atoms with Crippen molar-refractivity contribution in [3.05, 3.63) is 18.5 Å². The van der Waals surface area contributed by atoms with E-state index in [9.17, 15) is 4.79 Å². The van der Waals surface area contributed by atoms with E-state index >= 15 is 0 Å². The zero-order valence-electron chi connectivity index (χ0n) is 15.6. The van der Waals surface area contributed by atoms with Crippen LogP contribution < -0.4 is 5.73 Å². The Labute approximate surface area is 167 Å². The van der Waals surface area contributed by atoms with Crippen molar-refractivity contribution in [1.29, 1.82) is 0 Å². The molecular formula is C17H30Cl2N4O3. The summed E-state index contributed by atoms with van der Waals surface area (Å²) in [6, 6.07) is 1.88. The molecule has 3 atom stereocenters. The molecule has 1 aromatic heterocycles. The topological polar surface area (TPSA) is 82.6 Å². The molecule has 2 heterocycles. The van der Waals surface area contributed by atoms with E-state index in [0.29, 0.717) is 39.3 Å². The molecule has 2 aliphatic rings. The highest BCUT2D eigenvalue weighted by molar-refractivity contribution is 5.89. The third kappa shape index (κ3) is 4.02. The van der Waals surface area contributed by atoms with Gasteiger partial charge in [0.1, 0.15) is 5.54 Å². The van der Waals surface area contributed by atoms with Gasteiger partial charge >= 0.3 is 0 Å². The van der Waals surface area contributed by atoms with Crippen molar-refractivity contribution in [2.75, 3.05) is 26.3 Å². The lowest BCUT2D eigenvalue weighted by Crippen LogP contribution is -2.76. The third-order valence-corrected chi connectivity index (χ3v) is 5.59. The first-order valence-corrected chi connectivity index (χ1v) is 8.67. The molecular weight excluding hydrogens is 379 g/mol. The molecule has 26 heavy (non-hydrogen) atoms. The number of carbonyl (C=O) groups is 1. The van der Waals surface area contributed by atoms with Crippen LogP contribution in [0.15, 0.2) is 18.5 Å². The van der Waals surface area contributed by atoms with Crippen LogP contribution in [-0.2, 0) is 20.8 Å². The predicted octanol–water partition coefficient (Wildman–Crippen LogP) is 1.49. The van der Waals surface area contributed by atoms with Crippen LogP contribution in [-0.4, -0.2) is 64.6 Å². The molecule has 150 valence electrons. The van der Waals surface area contributed by atoms with Crippen molar-refractivity contribution in [2.45, 2.75) is 51.5 Å². The molecule has 3 unspecified atom stereocenters. The number of aromatic nitrogens is 2. The van der Waals surface area contributed by atoms with Crippen LogP contribution in [0.25, 0.3) is 0 Å². The van der Waals surface area contributed by atoms with Crippen molar-refractivity contribution in [1.82, 2.24) is 14.7 Å². The second kappa shape index (κ2) is 8.89. The molecule has 2 fully saturated rings. The van der Waals surface area contributed by atoms with E-state index in [-0.39, 0.29) is 48.3 Å². The SMILES string of the molecule is CCOC1CC(N)(C(=O)N2CCOC(Cn3cccn3)C2)C1(C)C.Cl.Cl. The second-order valence-corrected chi connectivity index (χ2v) is 7.31. The average Bonchev–Trinajstić information content (AvgIpc) is 3.07. The molecule has 0 radical (unpaired) electrons. The van der Waals surface area contributed by atoms with Gasteiger partial charge < -0.3 is 20.1 Å². The number of hydrogen-bond donors (Lipinski definition) is 1. The van der Waals surface area contributed by atoms with Crippen LogP contribution in [0.3, 0.4) is 0 Å². The van der Waals surface area contributed by atoms with Crippen molar-refractivity contribution in [3.8, 4) is 0 Å². The molecule has 3 rings (SSSR count). The summed E-state index contributed by atoms with van der Waals surface area (Å²) in [6.45, 7) is 8.96. The molecule has 0 aromatic carbocycles. The molecule has 1 aliphatic heterocycles. The van der Waals surface area contributed by atoms with Gasteiger partial charge in [-0.1, -0.05) is 13.8 Å². The van der Waals surface area contributed by atoms with E-state index in [2.05, 4.69) is 5.10 Å². The number of nitrogens with zero attached hydrogens (tertiary/aromatic N) is 3. The minimum atomic E-state index is -0.861. The van der Waals surface area contributed by atoms with Crippen LogP contribution >= 0.6 is 24.8 Å². The highest BCUT2D eigenvalue weighted by Gasteiger charge is 2.63. The summed E-state index contributed by atoms with van der Waals surface area (Å²) in [4.78, 5) is 14.9. The zero-order chi connectivity index (χ0) is 17.4. The van der Waals surface area contributed by atoms with Crippen molar-refractivity contribution in [3.63, 3.8) is 0 Å². The number of hydrogen-bond acceptors (Lipinski definition) is 5. The first-order chi connectivity index (χ1) is 11.4. The number of rotatable bonds is 5. The van der Waals surface area contributed by atoms with Crippen molar-refractivity contribution < 1.29 is 14.3 Å². The summed E-state index contributed by atoms with van der Waals surface area (Å²) in [7, 11) is 0. The van der Waals surface area contributed by atoms with Crippen molar-refractivity contribution >= 4 is 30.7 Å². The van der Waals surface area contributed by atoms with Gasteiger partial charge in [0.25, 0.3) is 0 Å².